The standard InChI is InChI=1S/C9H11N2O/c1-3-9-7-10(5-6-12)8-11(9)4-2/h3-4,6-8H,1-2,5H2/q+1. The molecule has 0 N–H and O–H groups in total. The van der Waals surface area contributed by atoms with Gasteiger partial charge >= 0.3 is 0 Å². The van der Waals surface area contributed by atoms with Crippen LogP contribution in [-0.4, -0.2) is 10.9 Å². The van der Waals surface area contributed by atoms with Crippen molar-refractivity contribution in [3.8, 4) is 0 Å². The molecule has 1 aromatic rings. The van der Waals surface area contributed by atoms with Crippen molar-refractivity contribution in [3.63, 3.8) is 0 Å². The van der Waals surface area contributed by atoms with Crippen molar-refractivity contribution in [3.05, 3.63) is 31.4 Å². The second kappa shape index (κ2) is 3.67. The number of hydrogen-bond donors (Lipinski definition) is 0. The molecule has 0 saturated heterocycles. The van der Waals surface area contributed by atoms with Gasteiger partial charge in [0.2, 0.25) is 6.33 Å². The van der Waals surface area contributed by atoms with Gasteiger partial charge in [0.05, 0.1) is 6.20 Å². The van der Waals surface area contributed by atoms with E-state index < -0.39 is 0 Å². The van der Waals surface area contributed by atoms with Crippen molar-refractivity contribution in [2.75, 3.05) is 0 Å². The summed E-state index contributed by atoms with van der Waals surface area (Å²) in [5.74, 6) is 0. The first-order chi connectivity index (χ1) is 5.81. The van der Waals surface area contributed by atoms with E-state index in [-0.39, 0.29) is 0 Å². The zero-order valence-electron chi connectivity index (χ0n) is 6.81. The van der Waals surface area contributed by atoms with E-state index in [1.54, 1.807) is 27.7 Å². The third-order valence-electron chi connectivity index (χ3n) is 1.56. The van der Waals surface area contributed by atoms with Crippen LogP contribution in [-0.2, 0) is 11.3 Å². The van der Waals surface area contributed by atoms with Crippen LogP contribution >= 0.6 is 0 Å². The average molecular weight is 163 g/mol. The highest BCUT2D eigenvalue weighted by Crippen LogP contribution is 1.98. The highest BCUT2D eigenvalue weighted by Gasteiger charge is 2.06. The molecule has 0 aliphatic carbocycles. The van der Waals surface area contributed by atoms with E-state index in [4.69, 9.17) is 0 Å². The molecule has 12 heavy (non-hydrogen) atoms. The van der Waals surface area contributed by atoms with Gasteiger partial charge in [0.15, 0.2) is 12.0 Å². The number of aromatic nitrogens is 2. The van der Waals surface area contributed by atoms with Crippen LogP contribution in [0.25, 0.3) is 12.3 Å². The molecule has 0 bridgehead atoms. The molecule has 1 rings (SSSR count). The summed E-state index contributed by atoms with van der Waals surface area (Å²) in [6.45, 7) is 7.63. The van der Waals surface area contributed by atoms with Crippen LogP contribution < -0.4 is 4.57 Å². The Hall–Kier alpha value is -1.64. The van der Waals surface area contributed by atoms with E-state index in [9.17, 15) is 4.79 Å². The predicted molar refractivity (Wildman–Crippen MR) is 47.2 cm³/mol. The Labute approximate surface area is 71.3 Å². The van der Waals surface area contributed by atoms with Gasteiger partial charge in [-0.05, 0) is 6.08 Å². The number of hydrogen-bond acceptors (Lipinski definition) is 1. The molecule has 0 aliphatic rings. The van der Waals surface area contributed by atoms with Crippen LogP contribution in [0.5, 0.6) is 0 Å². The summed E-state index contributed by atoms with van der Waals surface area (Å²) in [5.41, 5.74) is 0.923. The Morgan fingerprint density at radius 1 is 1.58 bits per heavy atom. The van der Waals surface area contributed by atoms with Crippen molar-refractivity contribution in [2.45, 2.75) is 6.54 Å². The molecule has 1 heterocycles. The van der Waals surface area contributed by atoms with Gasteiger partial charge in [0.1, 0.15) is 12.7 Å². The molecule has 3 heteroatoms. The smallest absolute Gasteiger partial charge is 0.249 e. The Morgan fingerprint density at radius 3 is 2.75 bits per heavy atom. The third kappa shape index (κ3) is 1.50. The quantitative estimate of drug-likeness (QED) is 0.474. The Kier molecular flexibility index (Phi) is 2.58. The number of imidazole rings is 1. The van der Waals surface area contributed by atoms with E-state index in [1.165, 1.54) is 0 Å². The summed E-state index contributed by atoms with van der Waals surface area (Å²) < 4.78 is 3.57. The van der Waals surface area contributed by atoms with Gasteiger partial charge in [-0.2, -0.15) is 0 Å². The van der Waals surface area contributed by atoms with E-state index in [0.29, 0.717) is 6.54 Å². The Balaban J connectivity index is 3.03. The fourth-order valence-corrected chi connectivity index (χ4v) is 0.993. The van der Waals surface area contributed by atoms with Gasteiger partial charge < -0.3 is 0 Å². The van der Waals surface area contributed by atoms with Gasteiger partial charge in [-0.25, -0.2) is 9.13 Å². The summed E-state index contributed by atoms with van der Waals surface area (Å²) in [6.07, 6.45) is 7.85. The lowest BCUT2D eigenvalue weighted by Gasteiger charge is -1.82. The summed E-state index contributed by atoms with van der Waals surface area (Å²) in [4.78, 5) is 10.2. The number of rotatable bonds is 4. The molecule has 62 valence electrons. The number of nitrogens with zero attached hydrogens (tertiary/aromatic N) is 2. The monoisotopic (exact) mass is 163 g/mol. The van der Waals surface area contributed by atoms with Crippen LogP contribution in [0.4, 0.5) is 0 Å². The molecule has 0 radical (unpaired) electrons. The molecule has 0 atom stereocenters. The maximum absolute atomic E-state index is 10.2. The minimum Gasteiger partial charge on any atom is -0.299 e. The lowest BCUT2D eigenvalue weighted by Crippen LogP contribution is -2.31. The van der Waals surface area contributed by atoms with Gasteiger partial charge in [-0.15, -0.1) is 0 Å². The summed E-state index contributed by atoms with van der Waals surface area (Å²) >= 11 is 0. The fourth-order valence-electron chi connectivity index (χ4n) is 0.993. The molecule has 1 aromatic heterocycles. The van der Waals surface area contributed by atoms with E-state index in [1.807, 2.05) is 6.20 Å². The molecule has 3 nitrogen and oxygen atoms in total. The zero-order valence-corrected chi connectivity index (χ0v) is 6.81. The van der Waals surface area contributed by atoms with E-state index >= 15 is 0 Å². The van der Waals surface area contributed by atoms with Crippen LogP contribution in [0.3, 0.4) is 0 Å². The number of carbonyl (C=O) groups is 1. The van der Waals surface area contributed by atoms with Crippen molar-refractivity contribution in [2.24, 2.45) is 0 Å². The SMILES string of the molecule is C=Cc1c[n+](CC=O)cn1C=C. The van der Waals surface area contributed by atoms with Gasteiger partial charge in [-0.3, -0.25) is 4.79 Å². The molecule has 0 unspecified atom stereocenters. The highest BCUT2D eigenvalue weighted by molar-refractivity contribution is 5.47. The van der Waals surface area contributed by atoms with Crippen LogP contribution in [0.2, 0.25) is 0 Å². The lowest BCUT2D eigenvalue weighted by atomic mass is 10.4. The summed E-state index contributed by atoms with van der Waals surface area (Å²) in [6, 6.07) is 0. The first kappa shape index (κ1) is 8.46. The first-order valence-corrected chi connectivity index (χ1v) is 3.61. The molecule has 0 aromatic carbocycles. The van der Waals surface area contributed by atoms with E-state index in [0.717, 1.165) is 12.0 Å². The van der Waals surface area contributed by atoms with Crippen molar-refractivity contribution in [1.82, 2.24) is 4.57 Å². The first-order valence-electron chi connectivity index (χ1n) is 3.61. The topological polar surface area (TPSA) is 25.9 Å². The second-order valence-electron chi connectivity index (χ2n) is 2.33. The molecule has 0 aliphatic heterocycles. The Bertz CT molecular complexity index is 287. The molecule has 0 fully saturated rings. The molecular formula is C9H11N2O+. The lowest BCUT2D eigenvalue weighted by molar-refractivity contribution is -0.682. The van der Waals surface area contributed by atoms with Crippen molar-refractivity contribution in [1.29, 1.82) is 0 Å². The molecule has 0 amide bonds. The van der Waals surface area contributed by atoms with Crippen molar-refractivity contribution >= 4 is 18.6 Å². The van der Waals surface area contributed by atoms with Crippen molar-refractivity contribution < 1.29 is 9.36 Å². The molecule has 0 saturated carbocycles. The summed E-state index contributed by atoms with van der Waals surface area (Å²) in [7, 11) is 0. The maximum atomic E-state index is 10.2. The number of aldehydes is 1. The highest BCUT2D eigenvalue weighted by atomic mass is 16.1. The van der Waals surface area contributed by atoms with Crippen LogP contribution in [0.1, 0.15) is 5.69 Å². The van der Waals surface area contributed by atoms with E-state index in [2.05, 4.69) is 13.2 Å². The normalized spacial score (nSPS) is 9.33. The minimum absolute atomic E-state index is 0.363. The Morgan fingerprint density at radius 2 is 2.33 bits per heavy atom. The minimum atomic E-state index is 0.363. The van der Waals surface area contributed by atoms with Crippen LogP contribution in [0, 0.1) is 0 Å². The fraction of sp³-hybridized carbons (Fsp3) is 0.111. The van der Waals surface area contributed by atoms with Gasteiger partial charge in [0, 0.05) is 0 Å². The number of carbonyl (C=O) groups excluding carboxylic acids is 1. The second-order valence-corrected chi connectivity index (χ2v) is 2.33. The van der Waals surface area contributed by atoms with Gasteiger partial charge in [0.25, 0.3) is 0 Å². The van der Waals surface area contributed by atoms with Gasteiger partial charge in [-0.1, -0.05) is 13.2 Å². The molecular weight excluding hydrogens is 152 g/mol. The summed E-state index contributed by atoms with van der Waals surface area (Å²) in [5, 5.41) is 0. The van der Waals surface area contributed by atoms with Crippen LogP contribution in [0.15, 0.2) is 25.7 Å². The average Bonchev–Trinajstić information content (AvgIpc) is 2.48. The largest absolute Gasteiger partial charge is 0.299 e. The maximum Gasteiger partial charge on any atom is 0.249 e. The molecule has 0 spiro atoms. The zero-order chi connectivity index (χ0) is 8.97. The third-order valence-corrected chi connectivity index (χ3v) is 1.56. The predicted octanol–water partition coefficient (Wildman–Crippen LogP) is 0.718.